The number of piperidine rings is 1. The van der Waals surface area contributed by atoms with E-state index in [1.165, 1.54) is 32.4 Å². The molecule has 80 heavy (non-hydrogen) atoms. The van der Waals surface area contributed by atoms with Crippen LogP contribution in [0.25, 0.3) is 43.6 Å². The van der Waals surface area contributed by atoms with Crippen molar-refractivity contribution in [2.75, 3.05) is 187 Å². The van der Waals surface area contributed by atoms with Crippen LogP contribution in [-0.2, 0) is 4.74 Å². The van der Waals surface area contributed by atoms with E-state index >= 15 is 0 Å². The van der Waals surface area contributed by atoms with E-state index in [1.54, 1.807) is 0 Å². The van der Waals surface area contributed by atoms with Gasteiger partial charge in [0.1, 0.15) is 49.4 Å². The van der Waals surface area contributed by atoms with Crippen LogP contribution in [0.4, 0.5) is 22.7 Å². The van der Waals surface area contributed by atoms with Crippen molar-refractivity contribution in [3.8, 4) is 23.0 Å². The molecule has 12 rings (SSSR count). The van der Waals surface area contributed by atoms with Gasteiger partial charge in [-0.2, -0.15) is 0 Å². The highest BCUT2D eigenvalue weighted by atomic mass is 16.5. The van der Waals surface area contributed by atoms with E-state index in [2.05, 4.69) is 56.4 Å². The number of morpholine rings is 1. The van der Waals surface area contributed by atoms with Crippen LogP contribution in [0.15, 0.2) is 97.6 Å². The number of aliphatic hydroxyl groups excluding tert-OH is 1. The number of nitrogens with zero attached hydrogens (tertiary/aromatic N) is 6. The number of ether oxygens (including phenoxy) is 5. The number of fused-ring (bicyclic) bond motifs is 4. The number of nitrogens with two attached hydrogens (primary N) is 4. The molecule has 0 radical (unpaired) electrons. The number of H-pyrrole nitrogens is 4. The number of anilines is 4. The smallest absolute Gasteiger partial charge is 0.143 e. The topological polar surface area (TPSA) is 253 Å². The molecule has 4 aromatic carbocycles. The molecule has 8 aromatic rings. The first-order chi connectivity index (χ1) is 39.2. The predicted octanol–water partition coefficient (Wildman–Crippen LogP) is 6.19. The Hall–Kier alpha value is -6.88. The summed E-state index contributed by atoms with van der Waals surface area (Å²) in [6.07, 6.45) is 11.6. The molecule has 0 saturated carbocycles. The van der Waals surface area contributed by atoms with Crippen molar-refractivity contribution < 1.29 is 28.8 Å². The Morgan fingerprint density at radius 1 is 0.388 bits per heavy atom. The standard InChI is InChI=1S/C16H24N4O2.C15H22N4O.C15H21N3O.C14H19N3O2/c17-14-1-2-15(16-13(14)3-4-18-16)22-12-10-20-7-5-19(6-8-20)9-11-21;1-18-6-8-19(9-7-18)10-11-20-14-3-2-13(16)12-4-5-17-15(12)14;16-13-4-5-14(15-12(13)6-7-17-15)19-11-10-18-8-2-1-3-9-18;15-12-1-2-13(14-11(12)3-4-16-14)19-10-7-17-5-8-18-9-6-17/h1-4,18,21H,5-12,17H2;2-5,17H,6-11,16H2,1H3;4-7,17H,1-3,8-11,16H2;1-4,16H,5-10,15H2. The van der Waals surface area contributed by atoms with Crippen LogP contribution < -0.4 is 41.9 Å². The van der Waals surface area contributed by atoms with Crippen molar-refractivity contribution in [1.29, 1.82) is 0 Å². The van der Waals surface area contributed by atoms with Crippen LogP contribution in [0.2, 0.25) is 0 Å². The molecule has 0 amide bonds. The van der Waals surface area contributed by atoms with Gasteiger partial charge in [0.2, 0.25) is 0 Å². The fourth-order valence-electron chi connectivity index (χ4n) is 10.7. The minimum absolute atomic E-state index is 0.242. The van der Waals surface area contributed by atoms with E-state index in [0.29, 0.717) is 19.8 Å². The summed E-state index contributed by atoms with van der Waals surface area (Å²) < 4.78 is 28.9. The van der Waals surface area contributed by atoms with Gasteiger partial charge in [-0.3, -0.25) is 24.5 Å². The third-order valence-corrected chi connectivity index (χ3v) is 15.6. The molecular formula is C60H86N14O6. The molecule has 4 aliphatic rings. The molecule has 0 unspecified atom stereocenters. The first-order valence-electron chi connectivity index (χ1n) is 28.6. The minimum Gasteiger partial charge on any atom is -0.490 e. The largest absolute Gasteiger partial charge is 0.490 e. The zero-order chi connectivity index (χ0) is 55.5. The van der Waals surface area contributed by atoms with Gasteiger partial charge in [-0.1, -0.05) is 6.42 Å². The number of benzene rings is 4. The summed E-state index contributed by atoms with van der Waals surface area (Å²) in [6.45, 7) is 22.3. The van der Waals surface area contributed by atoms with Crippen LogP contribution in [0.5, 0.6) is 23.0 Å². The maximum Gasteiger partial charge on any atom is 0.143 e. The molecule has 0 spiro atoms. The van der Waals surface area contributed by atoms with Gasteiger partial charge in [0, 0.05) is 167 Å². The first-order valence-corrected chi connectivity index (χ1v) is 28.6. The lowest BCUT2D eigenvalue weighted by Gasteiger charge is -2.34. The molecule has 8 heterocycles. The lowest BCUT2D eigenvalue weighted by Crippen LogP contribution is -2.48. The number of likely N-dealkylation sites (tertiary alicyclic amines) is 1. The zero-order valence-corrected chi connectivity index (χ0v) is 46.8. The molecule has 0 aliphatic carbocycles. The van der Waals surface area contributed by atoms with Crippen molar-refractivity contribution in [2.24, 2.45) is 0 Å². The molecule has 4 aliphatic heterocycles. The molecule has 0 bridgehead atoms. The summed E-state index contributed by atoms with van der Waals surface area (Å²) in [7, 11) is 2.17. The van der Waals surface area contributed by atoms with Crippen LogP contribution >= 0.6 is 0 Å². The molecule has 4 fully saturated rings. The molecular weight excluding hydrogens is 1010 g/mol. The molecule has 0 atom stereocenters. The van der Waals surface area contributed by atoms with Crippen LogP contribution in [-0.4, -0.2) is 219 Å². The number of aromatic amines is 4. The van der Waals surface area contributed by atoms with Gasteiger partial charge in [-0.25, -0.2) is 0 Å². The molecule has 13 N–H and O–H groups in total. The highest BCUT2D eigenvalue weighted by molar-refractivity contribution is 5.97. The van der Waals surface area contributed by atoms with Gasteiger partial charge < -0.3 is 76.6 Å². The van der Waals surface area contributed by atoms with E-state index in [0.717, 1.165) is 207 Å². The number of rotatable bonds is 18. The fraction of sp³-hybridized carbons (Fsp3) is 0.467. The van der Waals surface area contributed by atoms with E-state index in [1.807, 2.05) is 97.6 Å². The number of likely N-dealkylation sites (N-methyl/N-ethyl adjacent to an activating group) is 1. The molecule has 4 aromatic heterocycles. The molecule has 20 heteroatoms. The molecule has 4 saturated heterocycles. The summed E-state index contributed by atoms with van der Waals surface area (Å²) in [6, 6.07) is 23.2. The van der Waals surface area contributed by atoms with Crippen molar-refractivity contribution in [2.45, 2.75) is 19.3 Å². The van der Waals surface area contributed by atoms with Crippen molar-refractivity contribution in [1.82, 2.24) is 49.3 Å². The van der Waals surface area contributed by atoms with E-state index in [4.69, 9.17) is 51.7 Å². The van der Waals surface area contributed by atoms with Crippen LogP contribution in [0.1, 0.15) is 19.3 Å². The minimum atomic E-state index is 0.242. The number of hydrogen-bond donors (Lipinski definition) is 9. The van der Waals surface area contributed by atoms with Crippen LogP contribution in [0, 0.1) is 0 Å². The van der Waals surface area contributed by atoms with Crippen molar-refractivity contribution >= 4 is 66.4 Å². The second kappa shape index (κ2) is 29.5. The number of hydrogen-bond acceptors (Lipinski definition) is 16. The number of β-amino-alcohol motifs (C(OH)–C–C–N with tert-alkyl or cyclic N) is 1. The number of nitrogen functional groups attached to an aromatic ring is 4. The summed E-state index contributed by atoms with van der Waals surface area (Å²) in [5, 5.41) is 13.0. The first kappa shape index (κ1) is 57.8. The van der Waals surface area contributed by atoms with Crippen LogP contribution in [0.3, 0.4) is 0 Å². The third-order valence-electron chi connectivity index (χ3n) is 15.6. The van der Waals surface area contributed by atoms with Gasteiger partial charge in [0.25, 0.3) is 0 Å². The average molecular weight is 1100 g/mol. The van der Waals surface area contributed by atoms with E-state index in [-0.39, 0.29) is 6.61 Å². The Morgan fingerprint density at radius 3 is 1.02 bits per heavy atom. The Labute approximate surface area is 470 Å². The summed E-state index contributed by atoms with van der Waals surface area (Å²) >= 11 is 0. The van der Waals surface area contributed by atoms with Gasteiger partial charge in [-0.15, -0.1) is 0 Å². The van der Waals surface area contributed by atoms with Crippen molar-refractivity contribution in [3.05, 3.63) is 97.6 Å². The average Bonchev–Trinajstić information content (AvgIpc) is 4.36. The quantitative estimate of drug-likeness (QED) is 0.0435. The summed E-state index contributed by atoms with van der Waals surface area (Å²) in [5.41, 5.74) is 30.8. The number of aliphatic hydroxyl groups is 1. The zero-order valence-electron chi connectivity index (χ0n) is 46.8. The van der Waals surface area contributed by atoms with Gasteiger partial charge in [-0.05, 0) is 106 Å². The maximum atomic E-state index is 8.95. The Bertz CT molecular complexity index is 2990. The number of nitrogens with one attached hydrogen (secondary N) is 4. The second-order valence-electron chi connectivity index (χ2n) is 21.0. The van der Waals surface area contributed by atoms with Crippen molar-refractivity contribution in [3.63, 3.8) is 0 Å². The lowest BCUT2D eigenvalue weighted by molar-refractivity contribution is 0.0323. The Balaban J connectivity index is 0.000000129. The molecule has 20 nitrogen and oxygen atoms in total. The van der Waals surface area contributed by atoms with E-state index in [9.17, 15) is 0 Å². The monoisotopic (exact) mass is 1100 g/mol. The highest BCUT2D eigenvalue weighted by Gasteiger charge is 2.18. The highest BCUT2D eigenvalue weighted by Crippen LogP contribution is 2.32. The fourth-order valence-corrected chi connectivity index (χ4v) is 10.7. The van der Waals surface area contributed by atoms with Gasteiger partial charge in [0.15, 0.2) is 0 Å². The maximum absolute atomic E-state index is 8.95. The third kappa shape index (κ3) is 15.9. The SMILES string of the molecule is CN1CCN(CCOc2ccc(N)c3cc[nH]c23)CC1.Nc1ccc(OCCN2CCCCC2)c2[nH]ccc12.Nc1ccc(OCCN2CCN(CCO)CC2)c2[nH]ccc12.Nc1ccc(OCCN2CCOCC2)c2[nH]ccc12. The molecule has 432 valence electrons. The Morgan fingerprint density at radius 2 is 0.688 bits per heavy atom. The predicted molar refractivity (Wildman–Crippen MR) is 324 cm³/mol. The summed E-state index contributed by atoms with van der Waals surface area (Å²) in [4.78, 5) is 27.1. The second-order valence-corrected chi connectivity index (χ2v) is 21.0. The Kier molecular flexibility index (Phi) is 21.3. The number of aromatic nitrogens is 4. The summed E-state index contributed by atoms with van der Waals surface area (Å²) in [5.74, 6) is 3.50. The number of piperazine rings is 2. The van der Waals surface area contributed by atoms with Gasteiger partial charge >= 0.3 is 0 Å². The van der Waals surface area contributed by atoms with Gasteiger partial charge in [0.05, 0.1) is 41.9 Å². The normalized spacial score (nSPS) is 17.1. The van der Waals surface area contributed by atoms with E-state index < -0.39 is 0 Å². The lowest BCUT2D eigenvalue weighted by atomic mass is 10.1.